The van der Waals surface area contributed by atoms with Crippen molar-refractivity contribution < 1.29 is 44.8 Å². The Balaban J connectivity index is 1.36. The molecule has 188 valence electrons. The third kappa shape index (κ3) is 4.81. The highest BCUT2D eigenvalue weighted by Crippen LogP contribution is 2.29. The van der Waals surface area contributed by atoms with E-state index < -0.39 is 73.1 Å². The minimum atomic E-state index is -1.58. The topological polar surface area (TPSA) is 235 Å². The minimum Gasteiger partial charge on any atom is -0.394 e. The molecule has 2 aromatic rings. The molecule has 16 nitrogen and oxygen atoms in total. The van der Waals surface area contributed by atoms with E-state index in [-0.39, 0.29) is 18.8 Å². The summed E-state index contributed by atoms with van der Waals surface area (Å²) in [5.74, 6) is 0. The van der Waals surface area contributed by atoms with Crippen molar-refractivity contribution in [2.75, 3.05) is 6.61 Å². The van der Waals surface area contributed by atoms with Gasteiger partial charge < -0.3 is 44.8 Å². The van der Waals surface area contributed by atoms with Gasteiger partial charge in [0.15, 0.2) is 12.5 Å². The van der Waals surface area contributed by atoms with Crippen LogP contribution in [0.5, 0.6) is 0 Å². The lowest BCUT2D eigenvalue weighted by molar-refractivity contribution is -0.304. The number of hydrogen-bond donors (Lipinski definition) is 7. The first-order valence-electron chi connectivity index (χ1n) is 10.3. The van der Waals surface area contributed by atoms with Gasteiger partial charge in [0.25, 0.3) is 5.56 Å². The Morgan fingerprint density at radius 2 is 1.74 bits per heavy atom. The van der Waals surface area contributed by atoms with Crippen LogP contribution in [0.2, 0.25) is 0 Å². The highest BCUT2D eigenvalue weighted by atomic mass is 16.7. The average Bonchev–Trinajstić information content (AvgIpc) is 3.37. The van der Waals surface area contributed by atoms with E-state index in [1.54, 1.807) is 0 Å². The number of rotatable bonds is 7. The van der Waals surface area contributed by atoms with Gasteiger partial charge in [-0.3, -0.25) is 14.3 Å². The smallest absolute Gasteiger partial charge is 0.330 e. The maximum atomic E-state index is 12.0. The molecule has 0 amide bonds. The lowest BCUT2D eigenvalue weighted by Crippen LogP contribution is -2.59. The van der Waals surface area contributed by atoms with E-state index in [1.807, 2.05) is 4.98 Å². The van der Waals surface area contributed by atoms with Gasteiger partial charge in [-0.1, -0.05) is 5.21 Å². The molecule has 4 heterocycles. The van der Waals surface area contributed by atoms with Crippen molar-refractivity contribution in [2.45, 2.75) is 68.4 Å². The van der Waals surface area contributed by atoms with Gasteiger partial charge in [-0.05, 0) is 0 Å². The van der Waals surface area contributed by atoms with Crippen molar-refractivity contribution in [1.82, 2.24) is 24.5 Å². The van der Waals surface area contributed by atoms with Gasteiger partial charge in [0, 0.05) is 12.3 Å². The molecular weight excluding hydrogens is 462 g/mol. The SMILES string of the molecule is O=c1ccn([C@@H]2O[C@H](Cn3cc(CO[C@H]4O[C@H](CO)[C@@H](O)[C@H](O)[C@H]4O)nn3)[C@@H](O)[C@H]2O)c(=O)[nH]1. The van der Waals surface area contributed by atoms with E-state index in [9.17, 15) is 40.2 Å². The van der Waals surface area contributed by atoms with E-state index in [2.05, 4.69) is 10.3 Å². The number of ether oxygens (including phenoxy) is 3. The molecule has 16 heteroatoms. The first-order valence-corrected chi connectivity index (χ1v) is 10.3. The third-order valence-corrected chi connectivity index (χ3v) is 5.66. The normalized spacial score (nSPS) is 36.1. The predicted molar refractivity (Wildman–Crippen MR) is 106 cm³/mol. The van der Waals surface area contributed by atoms with Gasteiger partial charge >= 0.3 is 5.69 Å². The van der Waals surface area contributed by atoms with Crippen molar-refractivity contribution in [3.8, 4) is 0 Å². The minimum absolute atomic E-state index is 0.0557. The Morgan fingerprint density at radius 3 is 2.44 bits per heavy atom. The summed E-state index contributed by atoms with van der Waals surface area (Å²) in [4.78, 5) is 25.3. The quantitative estimate of drug-likeness (QED) is 0.194. The zero-order valence-corrected chi connectivity index (χ0v) is 17.6. The fraction of sp³-hybridized carbons (Fsp3) is 0.667. The molecule has 34 heavy (non-hydrogen) atoms. The summed E-state index contributed by atoms with van der Waals surface area (Å²) in [6, 6.07) is 1.08. The number of H-pyrrole nitrogens is 1. The van der Waals surface area contributed by atoms with Crippen molar-refractivity contribution in [3.05, 3.63) is 45.0 Å². The molecule has 0 aliphatic carbocycles. The summed E-state index contributed by atoms with van der Waals surface area (Å²) in [6.45, 7) is -0.864. The first-order chi connectivity index (χ1) is 16.2. The fourth-order valence-corrected chi connectivity index (χ4v) is 3.79. The van der Waals surface area contributed by atoms with Crippen LogP contribution in [0.15, 0.2) is 28.0 Å². The second-order valence-electron chi connectivity index (χ2n) is 8.00. The van der Waals surface area contributed by atoms with Crippen LogP contribution in [0.1, 0.15) is 11.9 Å². The van der Waals surface area contributed by atoms with E-state index in [0.717, 1.165) is 16.8 Å². The van der Waals surface area contributed by atoms with Crippen LogP contribution in [0.3, 0.4) is 0 Å². The van der Waals surface area contributed by atoms with Crippen LogP contribution < -0.4 is 11.2 Å². The zero-order valence-electron chi connectivity index (χ0n) is 17.6. The average molecular weight is 487 g/mol. The van der Waals surface area contributed by atoms with Gasteiger partial charge in [-0.15, -0.1) is 5.10 Å². The van der Waals surface area contributed by atoms with Crippen LogP contribution in [-0.2, 0) is 27.4 Å². The molecule has 0 unspecified atom stereocenters. The van der Waals surface area contributed by atoms with E-state index >= 15 is 0 Å². The maximum absolute atomic E-state index is 12.0. The first kappa shape index (κ1) is 24.6. The Bertz CT molecular complexity index is 1090. The van der Waals surface area contributed by atoms with E-state index in [4.69, 9.17) is 14.2 Å². The molecule has 2 aliphatic heterocycles. The Kier molecular flexibility index (Phi) is 7.22. The Morgan fingerprint density at radius 1 is 1.00 bits per heavy atom. The number of nitrogens with zero attached hydrogens (tertiary/aromatic N) is 4. The summed E-state index contributed by atoms with van der Waals surface area (Å²) in [5, 5.41) is 67.2. The van der Waals surface area contributed by atoms with Gasteiger partial charge in [0.2, 0.25) is 0 Å². The van der Waals surface area contributed by atoms with Crippen molar-refractivity contribution in [3.63, 3.8) is 0 Å². The molecule has 0 aromatic carbocycles. The number of aromatic amines is 1. The fourth-order valence-electron chi connectivity index (χ4n) is 3.79. The lowest BCUT2D eigenvalue weighted by Gasteiger charge is -2.39. The number of nitrogens with one attached hydrogen (secondary N) is 1. The molecule has 2 aliphatic rings. The summed E-state index contributed by atoms with van der Waals surface area (Å²) in [6.07, 6.45) is -9.56. The molecule has 4 rings (SSSR count). The molecule has 2 fully saturated rings. The van der Waals surface area contributed by atoms with Crippen LogP contribution in [-0.4, -0.2) is 111 Å². The standard InChI is InChI=1S/C18H25N5O11/c24-5-9-12(27)13(28)15(30)17(34-9)32-6-7-3-22(21-20-7)4-8-11(26)14(29)16(33-8)23-2-1-10(25)19-18(23)31/h1-3,8-9,11-17,24,26-30H,4-6H2,(H,19,25,31)/t8-,9-,11-,12-,13+,14-,15-,16-,17+/m1/s1. The Hall–Kier alpha value is -2.54. The van der Waals surface area contributed by atoms with Gasteiger partial charge in [0.1, 0.15) is 48.4 Å². The predicted octanol–water partition coefficient (Wildman–Crippen LogP) is -5.24. The lowest BCUT2D eigenvalue weighted by atomic mass is 9.99. The monoisotopic (exact) mass is 487 g/mol. The number of hydrogen-bond acceptors (Lipinski definition) is 13. The van der Waals surface area contributed by atoms with Gasteiger partial charge in [0.05, 0.1) is 26.0 Å². The second kappa shape index (κ2) is 9.98. The summed E-state index contributed by atoms with van der Waals surface area (Å²) in [5.41, 5.74) is -1.15. The molecule has 0 spiro atoms. The summed E-state index contributed by atoms with van der Waals surface area (Å²) >= 11 is 0. The van der Waals surface area contributed by atoms with Gasteiger partial charge in [-0.2, -0.15) is 0 Å². The molecule has 0 saturated carbocycles. The highest BCUT2D eigenvalue weighted by Gasteiger charge is 2.45. The molecule has 0 radical (unpaired) electrons. The van der Waals surface area contributed by atoms with E-state index in [1.165, 1.54) is 10.9 Å². The van der Waals surface area contributed by atoms with Crippen molar-refractivity contribution in [1.29, 1.82) is 0 Å². The maximum Gasteiger partial charge on any atom is 0.330 e. The van der Waals surface area contributed by atoms with Crippen LogP contribution in [0, 0.1) is 0 Å². The molecule has 0 bridgehead atoms. The summed E-state index contributed by atoms with van der Waals surface area (Å²) in [7, 11) is 0. The summed E-state index contributed by atoms with van der Waals surface area (Å²) < 4.78 is 18.5. The van der Waals surface area contributed by atoms with Crippen molar-refractivity contribution in [2.24, 2.45) is 0 Å². The second-order valence-corrected chi connectivity index (χ2v) is 8.00. The molecule has 2 aromatic heterocycles. The zero-order chi connectivity index (χ0) is 24.6. The largest absolute Gasteiger partial charge is 0.394 e. The van der Waals surface area contributed by atoms with Crippen LogP contribution >= 0.6 is 0 Å². The third-order valence-electron chi connectivity index (χ3n) is 5.66. The molecule has 2 saturated heterocycles. The van der Waals surface area contributed by atoms with Crippen LogP contribution in [0.25, 0.3) is 0 Å². The molecular formula is C18H25N5O11. The number of aromatic nitrogens is 5. The number of aliphatic hydroxyl groups excluding tert-OH is 6. The number of aliphatic hydroxyl groups is 6. The molecule has 9 atom stereocenters. The Labute approximate surface area is 190 Å². The highest BCUT2D eigenvalue weighted by molar-refractivity contribution is 4.96. The van der Waals surface area contributed by atoms with Crippen LogP contribution in [0.4, 0.5) is 0 Å². The van der Waals surface area contributed by atoms with Gasteiger partial charge in [-0.25, -0.2) is 9.48 Å². The molecule has 7 N–H and O–H groups in total. The van der Waals surface area contributed by atoms with E-state index in [0.29, 0.717) is 0 Å². The van der Waals surface area contributed by atoms with Crippen molar-refractivity contribution >= 4 is 0 Å².